The molecule has 1 aromatic rings. The average Bonchev–Trinajstić information content (AvgIpc) is 2.52. The molecule has 0 bridgehead atoms. The molecule has 0 fully saturated rings. The van der Waals surface area contributed by atoms with Crippen molar-refractivity contribution in [1.82, 2.24) is 5.32 Å². The van der Waals surface area contributed by atoms with Gasteiger partial charge in [0.1, 0.15) is 0 Å². The molecule has 4 nitrogen and oxygen atoms in total. The van der Waals surface area contributed by atoms with Crippen LogP contribution in [0.4, 0.5) is 5.69 Å². The molecule has 1 unspecified atom stereocenters. The van der Waals surface area contributed by atoms with Gasteiger partial charge in [0, 0.05) is 31.9 Å². The van der Waals surface area contributed by atoms with Crippen LogP contribution in [-0.4, -0.2) is 25.5 Å². The number of anilines is 1. The number of benzene rings is 1. The Kier molecular flexibility index (Phi) is 3.64. The maximum absolute atomic E-state index is 11.2. The molecule has 3 N–H and O–H groups in total. The first-order valence-electron chi connectivity index (χ1n) is 6.01. The van der Waals surface area contributed by atoms with Crippen molar-refractivity contribution in [3.05, 3.63) is 29.8 Å². The Hall–Kier alpha value is -1.55. The van der Waals surface area contributed by atoms with Gasteiger partial charge in [0.25, 0.3) is 0 Å². The van der Waals surface area contributed by atoms with Crippen LogP contribution in [0.2, 0.25) is 0 Å². The van der Waals surface area contributed by atoms with Crippen LogP contribution in [0.15, 0.2) is 24.3 Å². The molecule has 0 saturated carbocycles. The third-order valence-corrected chi connectivity index (χ3v) is 3.19. The summed E-state index contributed by atoms with van der Waals surface area (Å²) in [7, 11) is 0. The number of para-hydroxylation sites is 1. The zero-order valence-electron chi connectivity index (χ0n) is 10.1. The Morgan fingerprint density at radius 2 is 2.29 bits per heavy atom. The first-order chi connectivity index (χ1) is 8.18. The highest BCUT2D eigenvalue weighted by atomic mass is 16.1. The summed E-state index contributed by atoms with van der Waals surface area (Å²) in [5.74, 6) is -0.360. The smallest absolute Gasteiger partial charge is 0.222 e. The Morgan fingerprint density at radius 1 is 1.53 bits per heavy atom. The van der Waals surface area contributed by atoms with Gasteiger partial charge in [-0.05, 0) is 11.6 Å². The number of nitrogens with zero attached hydrogens (tertiary/aromatic N) is 1. The number of amides is 1. The number of nitrogens with one attached hydrogen (secondary N) is 1. The quantitative estimate of drug-likeness (QED) is 0.808. The Balaban J connectivity index is 2.20. The maximum atomic E-state index is 11.2. The van der Waals surface area contributed by atoms with Crippen LogP contribution >= 0.6 is 0 Å². The van der Waals surface area contributed by atoms with E-state index < -0.39 is 0 Å². The van der Waals surface area contributed by atoms with Gasteiger partial charge in [-0.15, -0.1) is 0 Å². The summed E-state index contributed by atoms with van der Waals surface area (Å²) >= 11 is 0. The Morgan fingerprint density at radius 3 is 3.06 bits per heavy atom. The van der Waals surface area contributed by atoms with Gasteiger partial charge in [-0.25, -0.2) is 0 Å². The van der Waals surface area contributed by atoms with Crippen molar-refractivity contribution < 1.29 is 4.79 Å². The van der Waals surface area contributed by atoms with Crippen molar-refractivity contribution in [2.75, 3.05) is 24.5 Å². The fourth-order valence-electron chi connectivity index (χ4n) is 2.14. The number of hydrogen-bond donors (Lipinski definition) is 2. The van der Waals surface area contributed by atoms with Crippen LogP contribution in [0.3, 0.4) is 0 Å². The summed E-state index contributed by atoms with van der Waals surface area (Å²) in [6, 6.07) is 8.30. The van der Waals surface area contributed by atoms with E-state index in [2.05, 4.69) is 22.3 Å². The van der Waals surface area contributed by atoms with Crippen molar-refractivity contribution in [2.24, 2.45) is 11.7 Å². The molecule has 92 valence electrons. The van der Waals surface area contributed by atoms with Crippen LogP contribution in [-0.2, 0) is 11.3 Å². The van der Waals surface area contributed by atoms with Gasteiger partial charge in [0.15, 0.2) is 0 Å². The van der Waals surface area contributed by atoms with Crippen LogP contribution in [0, 0.1) is 5.92 Å². The third-order valence-electron chi connectivity index (χ3n) is 3.19. The minimum Gasteiger partial charge on any atom is -0.369 e. The topological polar surface area (TPSA) is 58.4 Å². The minimum absolute atomic E-state index is 0.124. The number of rotatable bonds is 3. The zero-order valence-corrected chi connectivity index (χ0v) is 10.1. The molecule has 0 aromatic heterocycles. The number of fused-ring (bicyclic) bond motifs is 1. The van der Waals surface area contributed by atoms with E-state index in [0.717, 1.165) is 19.6 Å². The summed E-state index contributed by atoms with van der Waals surface area (Å²) in [5.41, 5.74) is 7.82. The molecule has 1 heterocycles. The molecule has 0 aliphatic carbocycles. The normalized spacial score (nSPS) is 17.1. The number of carbonyl (C=O) groups excluding carboxylic acids is 1. The summed E-state index contributed by atoms with van der Waals surface area (Å²) in [5, 5.41) is 3.38. The number of nitrogens with two attached hydrogens (primary N) is 1. The highest BCUT2D eigenvalue weighted by Gasteiger charge is 2.18. The summed E-state index contributed by atoms with van der Waals surface area (Å²) in [6.07, 6.45) is 0. The van der Waals surface area contributed by atoms with E-state index in [4.69, 9.17) is 5.73 Å². The molecule has 0 saturated heterocycles. The lowest BCUT2D eigenvalue weighted by Crippen LogP contribution is -2.37. The second kappa shape index (κ2) is 5.19. The molecule has 1 aliphatic heterocycles. The number of carbonyl (C=O) groups is 1. The molecule has 0 radical (unpaired) electrons. The van der Waals surface area contributed by atoms with Gasteiger partial charge in [-0.3, -0.25) is 4.79 Å². The van der Waals surface area contributed by atoms with Crippen LogP contribution in [0.1, 0.15) is 12.5 Å². The first kappa shape index (κ1) is 11.9. The lowest BCUT2D eigenvalue weighted by molar-refractivity contribution is -0.121. The van der Waals surface area contributed by atoms with Crippen LogP contribution in [0.5, 0.6) is 0 Å². The SMILES string of the molecule is CC(CN1CCNCc2ccccc21)C(N)=O. The number of primary amides is 1. The molecule has 1 aromatic carbocycles. The van der Waals surface area contributed by atoms with E-state index >= 15 is 0 Å². The standard InChI is InChI=1S/C13H19N3O/c1-10(13(14)17)9-16-7-6-15-8-11-4-2-3-5-12(11)16/h2-5,10,15H,6-9H2,1H3,(H2,14,17). The van der Waals surface area contributed by atoms with E-state index in [0.29, 0.717) is 6.54 Å². The second-order valence-electron chi connectivity index (χ2n) is 4.55. The molecule has 1 amide bonds. The minimum atomic E-state index is -0.236. The monoisotopic (exact) mass is 233 g/mol. The molecule has 0 spiro atoms. The first-order valence-corrected chi connectivity index (χ1v) is 6.01. The van der Waals surface area contributed by atoms with Crippen molar-refractivity contribution >= 4 is 11.6 Å². The van der Waals surface area contributed by atoms with Gasteiger partial charge < -0.3 is 16.0 Å². The molecule has 17 heavy (non-hydrogen) atoms. The van der Waals surface area contributed by atoms with E-state index in [-0.39, 0.29) is 11.8 Å². The predicted molar refractivity (Wildman–Crippen MR) is 68.7 cm³/mol. The van der Waals surface area contributed by atoms with Gasteiger partial charge >= 0.3 is 0 Å². The lowest BCUT2D eigenvalue weighted by atomic mass is 10.1. The number of hydrogen-bond acceptors (Lipinski definition) is 3. The Bertz CT molecular complexity index is 405. The van der Waals surface area contributed by atoms with Crippen LogP contribution < -0.4 is 16.0 Å². The third kappa shape index (κ3) is 2.77. The van der Waals surface area contributed by atoms with E-state index in [1.165, 1.54) is 11.3 Å². The maximum Gasteiger partial charge on any atom is 0.222 e. The fraction of sp³-hybridized carbons (Fsp3) is 0.462. The van der Waals surface area contributed by atoms with Crippen molar-refractivity contribution in [3.8, 4) is 0 Å². The molecule has 1 aliphatic rings. The predicted octanol–water partition coefficient (Wildman–Crippen LogP) is 0.718. The highest BCUT2D eigenvalue weighted by Crippen LogP contribution is 2.22. The summed E-state index contributed by atoms with van der Waals surface area (Å²) in [4.78, 5) is 13.4. The molecule has 4 heteroatoms. The summed E-state index contributed by atoms with van der Waals surface area (Å²) < 4.78 is 0. The van der Waals surface area contributed by atoms with E-state index in [9.17, 15) is 4.79 Å². The summed E-state index contributed by atoms with van der Waals surface area (Å²) in [6.45, 7) is 5.30. The molecule has 2 rings (SSSR count). The Labute approximate surface area is 102 Å². The fourth-order valence-corrected chi connectivity index (χ4v) is 2.14. The van der Waals surface area contributed by atoms with Crippen molar-refractivity contribution in [3.63, 3.8) is 0 Å². The van der Waals surface area contributed by atoms with Gasteiger partial charge in [0.2, 0.25) is 5.91 Å². The lowest BCUT2D eigenvalue weighted by Gasteiger charge is -2.26. The average molecular weight is 233 g/mol. The highest BCUT2D eigenvalue weighted by molar-refractivity contribution is 5.77. The largest absolute Gasteiger partial charge is 0.369 e. The molecular weight excluding hydrogens is 214 g/mol. The van der Waals surface area contributed by atoms with Crippen LogP contribution in [0.25, 0.3) is 0 Å². The zero-order chi connectivity index (χ0) is 12.3. The van der Waals surface area contributed by atoms with E-state index in [1.807, 2.05) is 19.1 Å². The molecular formula is C13H19N3O. The van der Waals surface area contributed by atoms with Gasteiger partial charge in [0.05, 0.1) is 5.92 Å². The van der Waals surface area contributed by atoms with Gasteiger partial charge in [-0.2, -0.15) is 0 Å². The van der Waals surface area contributed by atoms with Gasteiger partial charge in [-0.1, -0.05) is 25.1 Å². The van der Waals surface area contributed by atoms with Crippen molar-refractivity contribution in [1.29, 1.82) is 0 Å². The van der Waals surface area contributed by atoms with Crippen molar-refractivity contribution in [2.45, 2.75) is 13.5 Å². The molecule has 1 atom stereocenters. The van der Waals surface area contributed by atoms with E-state index in [1.54, 1.807) is 0 Å². The second-order valence-corrected chi connectivity index (χ2v) is 4.55.